The van der Waals surface area contributed by atoms with Gasteiger partial charge in [0.25, 0.3) is 0 Å². The first-order chi connectivity index (χ1) is 13.5. The highest BCUT2D eigenvalue weighted by atomic mass is 32.1. The zero-order valence-corrected chi connectivity index (χ0v) is 16.3. The van der Waals surface area contributed by atoms with Crippen LogP contribution in [-0.2, 0) is 9.47 Å². The molecular formula is C19H22FN4O3S+. The molecule has 1 atom stereocenters. The molecule has 0 bridgehead atoms. The van der Waals surface area contributed by atoms with E-state index in [1.807, 2.05) is 0 Å². The van der Waals surface area contributed by atoms with Crippen LogP contribution in [0.4, 0.5) is 4.39 Å². The molecule has 1 aromatic carbocycles. The summed E-state index contributed by atoms with van der Waals surface area (Å²) in [5, 5.41) is 15.1. The quantitative estimate of drug-likeness (QED) is 0.690. The highest BCUT2D eigenvalue weighted by Gasteiger charge is 2.45. The molecule has 2 saturated heterocycles. The summed E-state index contributed by atoms with van der Waals surface area (Å²) in [6, 6.07) is 6.39. The summed E-state index contributed by atoms with van der Waals surface area (Å²) in [6.07, 6.45) is 1.58. The largest absolute Gasteiger partial charge is 0.492 e. The van der Waals surface area contributed by atoms with Crippen molar-refractivity contribution in [2.45, 2.75) is 31.6 Å². The van der Waals surface area contributed by atoms with Crippen LogP contribution in [0.2, 0.25) is 0 Å². The predicted molar refractivity (Wildman–Crippen MR) is 100 cm³/mol. The Balaban J connectivity index is 1.52. The number of aryl methyl sites for hydroxylation is 1. The second kappa shape index (κ2) is 6.77. The van der Waals surface area contributed by atoms with Gasteiger partial charge in [0.05, 0.1) is 39.1 Å². The molecule has 2 N–H and O–H groups in total. The number of likely N-dealkylation sites (tertiary alicyclic amines) is 1. The van der Waals surface area contributed by atoms with E-state index in [9.17, 15) is 9.50 Å². The lowest BCUT2D eigenvalue weighted by Crippen LogP contribution is -3.14. The van der Waals surface area contributed by atoms with Gasteiger partial charge in [-0.3, -0.25) is 0 Å². The zero-order valence-electron chi connectivity index (χ0n) is 15.5. The maximum absolute atomic E-state index is 13.5. The van der Waals surface area contributed by atoms with Crippen LogP contribution in [0.5, 0.6) is 5.88 Å². The summed E-state index contributed by atoms with van der Waals surface area (Å²) in [5.41, 5.74) is 0.956. The van der Waals surface area contributed by atoms with E-state index >= 15 is 0 Å². The SMILES string of the molecule is Cc1nc2sc([C@H](c3ccc(F)cc3)[NH+]3CCC4(CC3)OCCO4)c(O)n2n1. The Morgan fingerprint density at radius 1 is 1.21 bits per heavy atom. The van der Waals surface area contributed by atoms with Crippen LogP contribution in [0.25, 0.3) is 4.96 Å². The van der Waals surface area contributed by atoms with Crippen molar-refractivity contribution in [3.63, 3.8) is 0 Å². The summed E-state index contributed by atoms with van der Waals surface area (Å²) < 4.78 is 26.7. The van der Waals surface area contributed by atoms with Crippen LogP contribution in [0.15, 0.2) is 24.3 Å². The maximum atomic E-state index is 13.5. The number of quaternary nitrogens is 1. The van der Waals surface area contributed by atoms with Gasteiger partial charge in [-0.2, -0.15) is 4.52 Å². The molecule has 9 heteroatoms. The number of hydrogen-bond acceptors (Lipinski definition) is 6. The molecule has 0 amide bonds. The van der Waals surface area contributed by atoms with Gasteiger partial charge < -0.3 is 19.5 Å². The van der Waals surface area contributed by atoms with Crippen LogP contribution in [0, 0.1) is 12.7 Å². The van der Waals surface area contributed by atoms with Crippen molar-refractivity contribution in [3.05, 3.63) is 46.3 Å². The Bertz CT molecular complexity index is 987. The molecule has 0 radical (unpaired) electrons. The number of aromatic hydroxyl groups is 1. The lowest BCUT2D eigenvalue weighted by Gasteiger charge is -2.38. The van der Waals surface area contributed by atoms with Gasteiger partial charge in [-0.25, -0.2) is 9.37 Å². The number of rotatable bonds is 3. The number of fused-ring (bicyclic) bond motifs is 1. The maximum Gasteiger partial charge on any atom is 0.235 e. The smallest absolute Gasteiger partial charge is 0.235 e. The minimum absolute atomic E-state index is 0.107. The summed E-state index contributed by atoms with van der Waals surface area (Å²) in [6.45, 7) is 4.74. The molecular weight excluding hydrogens is 383 g/mol. The van der Waals surface area contributed by atoms with Crippen molar-refractivity contribution in [2.24, 2.45) is 0 Å². The van der Waals surface area contributed by atoms with Crippen molar-refractivity contribution in [1.82, 2.24) is 14.6 Å². The summed E-state index contributed by atoms with van der Waals surface area (Å²) in [7, 11) is 0. The monoisotopic (exact) mass is 405 g/mol. The standard InChI is InChI=1S/C19H21FN4O3S/c1-12-21-18-24(22-12)17(25)16(28-18)15(13-2-4-14(20)5-3-13)23-8-6-19(7-9-23)26-10-11-27-19/h2-5,15,25H,6-11H2,1H3/p+1/t15-/m0/s1. The number of benzene rings is 1. The van der Waals surface area contributed by atoms with Crippen molar-refractivity contribution < 1.29 is 23.9 Å². The molecule has 148 valence electrons. The summed E-state index contributed by atoms with van der Waals surface area (Å²) in [5.74, 6) is -0.00245. The molecule has 2 aliphatic rings. The third kappa shape index (κ3) is 2.98. The van der Waals surface area contributed by atoms with Crippen molar-refractivity contribution in [1.29, 1.82) is 0 Å². The lowest BCUT2D eigenvalue weighted by molar-refractivity contribution is -0.933. The Hall–Kier alpha value is -2.07. The number of ether oxygens (including phenoxy) is 2. The van der Waals surface area contributed by atoms with Gasteiger partial charge >= 0.3 is 0 Å². The molecule has 2 fully saturated rings. The van der Waals surface area contributed by atoms with E-state index < -0.39 is 5.79 Å². The third-order valence-corrected chi connectivity index (χ3v) is 6.73. The van der Waals surface area contributed by atoms with E-state index in [4.69, 9.17) is 9.47 Å². The molecule has 3 aromatic rings. The molecule has 0 saturated carbocycles. The highest BCUT2D eigenvalue weighted by Crippen LogP contribution is 2.36. The highest BCUT2D eigenvalue weighted by molar-refractivity contribution is 7.17. The lowest BCUT2D eigenvalue weighted by atomic mass is 9.97. The van der Waals surface area contributed by atoms with Gasteiger partial charge in [-0.1, -0.05) is 11.3 Å². The minimum atomic E-state index is -0.457. The Morgan fingerprint density at radius 2 is 1.89 bits per heavy atom. The number of nitrogens with zero attached hydrogens (tertiary/aromatic N) is 3. The van der Waals surface area contributed by atoms with E-state index in [0.29, 0.717) is 24.0 Å². The summed E-state index contributed by atoms with van der Waals surface area (Å²) in [4.78, 5) is 7.13. The van der Waals surface area contributed by atoms with Crippen molar-refractivity contribution >= 4 is 16.3 Å². The van der Waals surface area contributed by atoms with Crippen LogP contribution in [0.1, 0.15) is 35.1 Å². The molecule has 0 unspecified atom stereocenters. The fraction of sp³-hybridized carbons (Fsp3) is 0.474. The summed E-state index contributed by atoms with van der Waals surface area (Å²) >= 11 is 1.43. The van der Waals surface area contributed by atoms with E-state index in [1.54, 1.807) is 19.1 Å². The van der Waals surface area contributed by atoms with Crippen LogP contribution in [-0.4, -0.2) is 51.8 Å². The van der Waals surface area contributed by atoms with Crippen LogP contribution >= 0.6 is 11.3 Å². The minimum Gasteiger partial charge on any atom is -0.492 e. The zero-order chi connectivity index (χ0) is 19.3. The van der Waals surface area contributed by atoms with Crippen LogP contribution in [0.3, 0.4) is 0 Å². The van der Waals surface area contributed by atoms with Gasteiger partial charge in [0.15, 0.2) is 11.8 Å². The number of hydrogen-bond donors (Lipinski definition) is 2. The molecule has 1 spiro atoms. The molecule has 4 heterocycles. The molecule has 2 aromatic heterocycles. The fourth-order valence-electron chi connectivity index (χ4n) is 4.29. The number of piperidine rings is 1. The van der Waals surface area contributed by atoms with Gasteiger partial charge in [0, 0.05) is 5.56 Å². The third-order valence-electron chi connectivity index (χ3n) is 5.65. The topological polar surface area (TPSA) is 73.3 Å². The van der Waals surface area contributed by atoms with E-state index in [0.717, 1.165) is 36.4 Å². The number of aromatic nitrogens is 3. The van der Waals surface area contributed by atoms with E-state index in [1.165, 1.54) is 32.9 Å². The predicted octanol–water partition coefficient (Wildman–Crippen LogP) is 1.46. The molecule has 5 rings (SSSR count). The average Bonchev–Trinajstić information content (AvgIpc) is 3.37. The molecule has 0 aliphatic carbocycles. The van der Waals surface area contributed by atoms with E-state index in [-0.39, 0.29) is 17.7 Å². The van der Waals surface area contributed by atoms with Crippen molar-refractivity contribution in [2.75, 3.05) is 26.3 Å². The number of nitrogens with one attached hydrogen (secondary N) is 1. The van der Waals surface area contributed by atoms with Crippen LogP contribution < -0.4 is 4.90 Å². The van der Waals surface area contributed by atoms with Crippen molar-refractivity contribution in [3.8, 4) is 5.88 Å². The van der Waals surface area contributed by atoms with E-state index in [2.05, 4.69) is 10.1 Å². The second-order valence-electron chi connectivity index (χ2n) is 7.39. The Morgan fingerprint density at radius 3 is 2.54 bits per heavy atom. The molecule has 7 nitrogen and oxygen atoms in total. The van der Waals surface area contributed by atoms with Gasteiger partial charge in [0.2, 0.25) is 10.8 Å². The number of thiazole rings is 1. The molecule has 2 aliphatic heterocycles. The number of halogens is 1. The van der Waals surface area contributed by atoms with Gasteiger partial charge in [-0.15, -0.1) is 5.10 Å². The normalized spacial score (nSPS) is 20.9. The average molecular weight is 405 g/mol. The first kappa shape index (κ1) is 18.0. The van der Waals surface area contributed by atoms with Gasteiger partial charge in [-0.05, 0) is 31.2 Å². The Labute approximate surface area is 165 Å². The first-order valence-electron chi connectivity index (χ1n) is 9.48. The molecule has 28 heavy (non-hydrogen) atoms. The first-order valence-corrected chi connectivity index (χ1v) is 10.3. The second-order valence-corrected chi connectivity index (χ2v) is 8.40. The fourth-order valence-corrected chi connectivity index (χ4v) is 5.48. The van der Waals surface area contributed by atoms with Gasteiger partial charge in [0.1, 0.15) is 16.5 Å². The Kier molecular flexibility index (Phi) is 4.35.